The Kier molecular flexibility index (Phi) is 7.65. The van der Waals surface area contributed by atoms with Crippen molar-refractivity contribution in [1.82, 2.24) is 25.1 Å². The molecular formula is C19H33N7O. The highest BCUT2D eigenvalue weighted by atomic mass is 16.5. The average molecular weight is 376 g/mol. The first kappa shape index (κ1) is 19.8. The highest BCUT2D eigenvalue weighted by molar-refractivity contribution is 5.79. The molecule has 2 aliphatic heterocycles. The predicted molar refractivity (Wildman–Crippen MR) is 108 cm³/mol. The molecule has 3 rings (SSSR count). The van der Waals surface area contributed by atoms with Gasteiger partial charge in [0, 0.05) is 77.8 Å². The number of aromatic nitrogens is 2. The van der Waals surface area contributed by atoms with Gasteiger partial charge in [0.25, 0.3) is 0 Å². The first-order chi connectivity index (χ1) is 13.3. The van der Waals surface area contributed by atoms with Gasteiger partial charge >= 0.3 is 0 Å². The Morgan fingerprint density at radius 3 is 2.74 bits per heavy atom. The molecule has 0 radical (unpaired) electrons. The second kappa shape index (κ2) is 10.4. The number of hydrogen-bond donors (Lipinski definition) is 1. The SMILES string of the molecule is CCNC(=NCCN1CCN(c2ncccn2)CC1)N(C)CC1CCOC1. The van der Waals surface area contributed by atoms with Gasteiger partial charge in [-0.2, -0.15) is 0 Å². The number of nitrogens with one attached hydrogen (secondary N) is 1. The Labute approximate surface area is 162 Å². The lowest BCUT2D eigenvalue weighted by Crippen LogP contribution is -2.48. The van der Waals surface area contributed by atoms with Gasteiger partial charge < -0.3 is 19.9 Å². The zero-order valence-corrected chi connectivity index (χ0v) is 16.7. The molecule has 0 aromatic carbocycles. The third-order valence-corrected chi connectivity index (χ3v) is 5.14. The standard InChI is InChI=1S/C19H33N7O/c1-3-20-18(24(2)15-17-5-14-27-16-17)23-8-9-25-10-12-26(13-11-25)19-21-6-4-7-22-19/h4,6-7,17H,3,5,8-16H2,1-2H3,(H,20,23). The number of nitrogens with zero attached hydrogens (tertiary/aromatic N) is 6. The molecule has 1 unspecified atom stereocenters. The van der Waals surface area contributed by atoms with E-state index in [1.54, 1.807) is 12.4 Å². The molecule has 1 aromatic heterocycles. The van der Waals surface area contributed by atoms with Gasteiger partial charge in [0.2, 0.25) is 5.95 Å². The molecule has 8 heteroatoms. The lowest BCUT2D eigenvalue weighted by atomic mass is 10.1. The molecule has 1 atom stereocenters. The van der Waals surface area contributed by atoms with Crippen LogP contribution < -0.4 is 10.2 Å². The van der Waals surface area contributed by atoms with Crippen molar-refractivity contribution >= 4 is 11.9 Å². The summed E-state index contributed by atoms with van der Waals surface area (Å²) in [7, 11) is 2.12. The maximum Gasteiger partial charge on any atom is 0.225 e. The molecule has 2 aliphatic rings. The third kappa shape index (κ3) is 6.04. The quantitative estimate of drug-likeness (QED) is 0.551. The Hall–Kier alpha value is -1.93. The van der Waals surface area contributed by atoms with Crippen molar-refractivity contribution in [1.29, 1.82) is 0 Å². The second-order valence-electron chi connectivity index (χ2n) is 7.22. The Balaban J connectivity index is 1.42. The summed E-state index contributed by atoms with van der Waals surface area (Å²) < 4.78 is 5.49. The van der Waals surface area contributed by atoms with Gasteiger partial charge in [0.1, 0.15) is 0 Å². The number of piperazine rings is 1. The van der Waals surface area contributed by atoms with Crippen LogP contribution in [0.15, 0.2) is 23.5 Å². The van der Waals surface area contributed by atoms with E-state index >= 15 is 0 Å². The van der Waals surface area contributed by atoms with Crippen molar-refractivity contribution in [3.8, 4) is 0 Å². The van der Waals surface area contributed by atoms with Crippen LogP contribution in [0.2, 0.25) is 0 Å². The van der Waals surface area contributed by atoms with Gasteiger partial charge in [-0.25, -0.2) is 9.97 Å². The fraction of sp³-hybridized carbons (Fsp3) is 0.737. The number of ether oxygens (including phenoxy) is 1. The molecule has 0 bridgehead atoms. The van der Waals surface area contributed by atoms with Crippen LogP contribution in [0.3, 0.4) is 0 Å². The minimum atomic E-state index is 0.618. The Morgan fingerprint density at radius 2 is 2.07 bits per heavy atom. The predicted octanol–water partition coefficient (Wildman–Crippen LogP) is 0.532. The van der Waals surface area contributed by atoms with Gasteiger partial charge in [-0.05, 0) is 19.4 Å². The zero-order valence-electron chi connectivity index (χ0n) is 16.7. The number of guanidine groups is 1. The van der Waals surface area contributed by atoms with Crippen molar-refractivity contribution in [3.63, 3.8) is 0 Å². The summed E-state index contributed by atoms with van der Waals surface area (Å²) in [6.45, 7) is 11.6. The van der Waals surface area contributed by atoms with Crippen LogP contribution in [0.25, 0.3) is 0 Å². The van der Waals surface area contributed by atoms with Crippen molar-refractivity contribution < 1.29 is 4.74 Å². The van der Waals surface area contributed by atoms with Crippen LogP contribution in [-0.2, 0) is 4.74 Å². The van der Waals surface area contributed by atoms with E-state index < -0.39 is 0 Å². The molecule has 1 N–H and O–H groups in total. The van der Waals surface area contributed by atoms with E-state index in [-0.39, 0.29) is 0 Å². The minimum absolute atomic E-state index is 0.618. The van der Waals surface area contributed by atoms with E-state index in [1.165, 1.54) is 0 Å². The van der Waals surface area contributed by atoms with Crippen LogP contribution in [-0.4, -0.2) is 98.3 Å². The van der Waals surface area contributed by atoms with Gasteiger partial charge in [0.15, 0.2) is 5.96 Å². The summed E-state index contributed by atoms with van der Waals surface area (Å²) >= 11 is 0. The molecule has 0 amide bonds. The summed E-state index contributed by atoms with van der Waals surface area (Å²) in [5.41, 5.74) is 0. The molecular weight excluding hydrogens is 342 g/mol. The summed E-state index contributed by atoms with van der Waals surface area (Å²) in [6.07, 6.45) is 4.76. The lowest BCUT2D eigenvalue weighted by Gasteiger charge is -2.34. The maximum absolute atomic E-state index is 5.49. The van der Waals surface area contributed by atoms with Crippen molar-refractivity contribution in [2.24, 2.45) is 10.9 Å². The Morgan fingerprint density at radius 1 is 1.30 bits per heavy atom. The van der Waals surface area contributed by atoms with E-state index in [4.69, 9.17) is 9.73 Å². The molecule has 27 heavy (non-hydrogen) atoms. The summed E-state index contributed by atoms with van der Waals surface area (Å²) in [6, 6.07) is 1.86. The van der Waals surface area contributed by atoms with E-state index in [0.717, 1.165) is 83.9 Å². The summed E-state index contributed by atoms with van der Waals surface area (Å²) in [4.78, 5) is 20.5. The largest absolute Gasteiger partial charge is 0.381 e. The van der Waals surface area contributed by atoms with Gasteiger partial charge in [-0.15, -0.1) is 0 Å². The molecule has 3 heterocycles. The number of aliphatic imine (C=N–C) groups is 1. The van der Waals surface area contributed by atoms with Gasteiger partial charge in [-0.3, -0.25) is 9.89 Å². The van der Waals surface area contributed by atoms with Crippen LogP contribution in [0, 0.1) is 5.92 Å². The maximum atomic E-state index is 5.49. The topological polar surface area (TPSA) is 69.1 Å². The lowest BCUT2D eigenvalue weighted by molar-refractivity contribution is 0.181. The minimum Gasteiger partial charge on any atom is -0.381 e. The highest BCUT2D eigenvalue weighted by Crippen LogP contribution is 2.13. The molecule has 2 saturated heterocycles. The monoisotopic (exact) mass is 375 g/mol. The van der Waals surface area contributed by atoms with Crippen LogP contribution >= 0.6 is 0 Å². The first-order valence-corrected chi connectivity index (χ1v) is 10.1. The Bertz CT molecular complexity index is 569. The normalized spacial score (nSPS) is 21.5. The molecule has 1 aromatic rings. The molecule has 2 fully saturated rings. The molecule has 8 nitrogen and oxygen atoms in total. The van der Waals surface area contributed by atoms with Crippen molar-refractivity contribution in [2.75, 3.05) is 77.5 Å². The first-order valence-electron chi connectivity index (χ1n) is 10.1. The van der Waals surface area contributed by atoms with E-state index in [1.807, 2.05) is 6.07 Å². The number of anilines is 1. The third-order valence-electron chi connectivity index (χ3n) is 5.14. The van der Waals surface area contributed by atoms with Crippen molar-refractivity contribution in [3.05, 3.63) is 18.5 Å². The molecule has 0 spiro atoms. The summed E-state index contributed by atoms with van der Waals surface area (Å²) in [5, 5.41) is 3.41. The van der Waals surface area contributed by atoms with Crippen molar-refractivity contribution in [2.45, 2.75) is 13.3 Å². The van der Waals surface area contributed by atoms with E-state index in [9.17, 15) is 0 Å². The fourth-order valence-electron chi connectivity index (χ4n) is 3.59. The van der Waals surface area contributed by atoms with Crippen LogP contribution in [0.1, 0.15) is 13.3 Å². The molecule has 0 saturated carbocycles. The van der Waals surface area contributed by atoms with Crippen LogP contribution in [0.5, 0.6) is 0 Å². The highest BCUT2D eigenvalue weighted by Gasteiger charge is 2.20. The number of rotatable bonds is 7. The van der Waals surface area contributed by atoms with Crippen LogP contribution in [0.4, 0.5) is 5.95 Å². The van der Waals surface area contributed by atoms with Gasteiger partial charge in [0.05, 0.1) is 13.2 Å². The fourth-order valence-corrected chi connectivity index (χ4v) is 3.59. The van der Waals surface area contributed by atoms with E-state index in [2.05, 4.69) is 44.0 Å². The van der Waals surface area contributed by atoms with E-state index in [0.29, 0.717) is 5.92 Å². The smallest absolute Gasteiger partial charge is 0.225 e. The second-order valence-corrected chi connectivity index (χ2v) is 7.22. The average Bonchev–Trinajstić information content (AvgIpc) is 3.21. The summed E-state index contributed by atoms with van der Waals surface area (Å²) in [5.74, 6) is 2.45. The van der Waals surface area contributed by atoms with Gasteiger partial charge in [-0.1, -0.05) is 0 Å². The molecule has 0 aliphatic carbocycles. The molecule has 150 valence electrons. The zero-order chi connectivity index (χ0) is 18.9. The number of hydrogen-bond acceptors (Lipinski definition) is 6.